The highest BCUT2D eigenvalue weighted by atomic mass is 32.2. The van der Waals surface area contributed by atoms with Crippen molar-refractivity contribution in [1.29, 1.82) is 0 Å². The lowest BCUT2D eigenvalue weighted by molar-refractivity contribution is 0.0198. The normalized spacial score (nSPS) is 25.4. The minimum absolute atomic E-state index is 0. The van der Waals surface area contributed by atoms with E-state index in [0.717, 1.165) is 47.7 Å². The molecule has 4 aliphatic rings. The van der Waals surface area contributed by atoms with E-state index in [2.05, 4.69) is 9.97 Å². The summed E-state index contributed by atoms with van der Waals surface area (Å²) in [5.41, 5.74) is 2.42. The molecule has 55 heavy (non-hydrogen) atoms. The maximum Gasteiger partial charge on any atom is 0.410 e. The number of rotatable bonds is 3. The highest BCUT2D eigenvalue weighted by Gasteiger charge is 2.54. The van der Waals surface area contributed by atoms with Gasteiger partial charge in [-0.05, 0) is 121 Å². The number of ether oxygens (including phenoxy) is 2. The quantitative estimate of drug-likeness (QED) is 0.215. The first-order valence-electron chi connectivity index (χ1n) is 18.8. The lowest BCUT2D eigenvalue weighted by Crippen LogP contribution is -2.44. The van der Waals surface area contributed by atoms with Gasteiger partial charge >= 0.3 is 12.2 Å². The van der Waals surface area contributed by atoms with Crippen molar-refractivity contribution in [3.63, 3.8) is 0 Å². The van der Waals surface area contributed by atoms with Crippen LogP contribution in [0.25, 0.3) is 21.8 Å². The summed E-state index contributed by atoms with van der Waals surface area (Å²) in [6.45, 7) is 12.6. The van der Waals surface area contributed by atoms with Gasteiger partial charge in [-0.15, -0.1) is 0 Å². The Balaban J connectivity index is 0.000000185. The van der Waals surface area contributed by atoms with Crippen molar-refractivity contribution in [3.8, 4) is 0 Å². The van der Waals surface area contributed by atoms with Gasteiger partial charge in [-0.25, -0.2) is 26.8 Å². The van der Waals surface area contributed by atoms with Crippen molar-refractivity contribution in [2.24, 2.45) is 5.92 Å². The standard InChI is InChI=1S/C20H26FN3O4S.C20H25FN2O2.CH4/c1-20(2,3)28-19(25)23-8-7-17-18(23)15(11-24(17)29(4,26)27)14-10-22-16-9-12(21)5-6-13(14)16;1-20(2,3)25-19(24)23-9-8-12-4-6-15(18(12)23)16-11-22-17-10-13(21)5-7-14(16)17;/h5-6,9-10,15,17-18,22H,7-8,11H2,1-4H3;5,7,10-12,15,18,22H,4,6,8-9H2,1-3H3;1H4/t15-,17+,18+;12-,15+,18+;/m01./s1. The van der Waals surface area contributed by atoms with Crippen LogP contribution in [0.3, 0.4) is 0 Å². The van der Waals surface area contributed by atoms with Crippen LogP contribution in [-0.2, 0) is 19.5 Å². The summed E-state index contributed by atoms with van der Waals surface area (Å²) in [5.74, 6) is -0.00300. The number of fused-ring (bicyclic) bond motifs is 4. The number of hydrogen-bond donors (Lipinski definition) is 2. The molecule has 2 aromatic heterocycles. The maximum atomic E-state index is 13.6. The molecule has 4 fully saturated rings. The maximum absolute atomic E-state index is 13.6. The molecule has 1 saturated carbocycles. The molecule has 300 valence electrons. The predicted molar refractivity (Wildman–Crippen MR) is 209 cm³/mol. The van der Waals surface area contributed by atoms with Crippen molar-refractivity contribution in [2.75, 3.05) is 25.9 Å². The van der Waals surface area contributed by atoms with Gasteiger partial charge in [0.05, 0.1) is 12.3 Å². The molecule has 14 heteroatoms. The molecule has 0 bridgehead atoms. The van der Waals surface area contributed by atoms with Gasteiger partial charge < -0.3 is 29.2 Å². The molecular weight excluding hydrogens is 729 g/mol. The van der Waals surface area contributed by atoms with Crippen LogP contribution in [0.2, 0.25) is 0 Å². The van der Waals surface area contributed by atoms with Gasteiger partial charge in [0.2, 0.25) is 10.0 Å². The zero-order chi connectivity index (χ0) is 38.9. The molecule has 8 rings (SSSR count). The fourth-order valence-corrected chi connectivity index (χ4v) is 10.4. The molecule has 0 unspecified atom stereocenters. The number of carbonyl (C=O) groups excluding carboxylic acids is 2. The topological polar surface area (TPSA) is 128 Å². The fourth-order valence-electron chi connectivity index (χ4n) is 9.27. The number of H-pyrrole nitrogens is 2. The first kappa shape index (κ1) is 40.5. The van der Waals surface area contributed by atoms with E-state index in [1.54, 1.807) is 17.2 Å². The average Bonchev–Trinajstić information content (AvgIpc) is 3.88. The van der Waals surface area contributed by atoms with Crippen LogP contribution in [0.15, 0.2) is 48.8 Å². The lowest BCUT2D eigenvalue weighted by Gasteiger charge is -2.31. The van der Waals surface area contributed by atoms with E-state index in [0.29, 0.717) is 24.4 Å². The smallest absolute Gasteiger partial charge is 0.410 e. The Morgan fingerprint density at radius 3 is 1.73 bits per heavy atom. The summed E-state index contributed by atoms with van der Waals surface area (Å²) in [4.78, 5) is 35.4. The van der Waals surface area contributed by atoms with E-state index in [9.17, 15) is 26.8 Å². The summed E-state index contributed by atoms with van der Waals surface area (Å²) in [5, 5.41) is 1.89. The molecule has 3 saturated heterocycles. The zero-order valence-electron chi connectivity index (χ0n) is 32.0. The Labute approximate surface area is 322 Å². The number of nitrogens with zero attached hydrogens (tertiary/aromatic N) is 3. The fraction of sp³-hybridized carbons (Fsp3) is 0.561. The SMILES string of the molecule is C.CC(C)(C)OC(=O)N1CC[C@@H]2[C@H]1[C@H](c1c[nH]c3cc(F)ccc13)CN2S(C)(=O)=O.CC(C)(C)OC(=O)N1CC[C@H]2CC[C@@H](c3c[nH]c4cc(F)ccc34)[C@H]21. The predicted octanol–water partition coefficient (Wildman–Crippen LogP) is 8.49. The van der Waals surface area contributed by atoms with Crippen LogP contribution < -0.4 is 0 Å². The third-order valence-electron chi connectivity index (χ3n) is 11.3. The van der Waals surface area contributed by atoms with Crippen LogP contribution in [0.4, 0.5) is 18.4 Å². The lowest BCUT2D eigenvalue weighted by atomic mass is 9.91. The van der Waals surface area contributed by atoms with Crippen LogP contribution in [0, 0.1) is 17.6 Å². The Morgan fingerprint density at radius 2 is 1.22 bits per heavy atom. The number of sulfonamides is 1. The van der Waals surface area contributed by atoms with Gasteiger partial charge in [-0.2, -0.15) is 4.31 Å². The minimum atomic E-state index is -3.44. The molecule has 6 atom stereocenters. The Bertz CT molecular complexity index is 2170. The minimum Gasteiger partial charge on any atom is -0.444 e. The number of benzene rings is 2. The number of halogens is 2. The van der Waals surface area contributed by atoms with Crippen LogP contribution in [0.1, 0.15) is 97.6 Å². The summed E-state index contributed by atoms with van der Waals surface area (Å²) in [6.07, 6.45) is 8.12. The highest BCUT2D eigenvalue weighted by Crippen LogP contribution is 2.49. The molecule has 2 amide bonds. The number of aromatic nitrogens is 2. The molecule has 2 N–H and O–H groups in total. The molecule has 11 nitrogen and oxygen atoms in total. The van der Waals surface area contributed by atoms with Gasteiger partial charge in [0.25, 0.3) is 0 Å². The van der Waals surface area contributed by atoms with Crippen molar-refractivity contribution in [3.05, 3.63) is 71.6 Å². The Kier molecular flexibility index (Phi) is 10.8. The van der Waals surface area contributed by atoms with Crippen molar-refractivity contribution < 1.29 is 36.3 Å². The number of likely N-dealkylation sites (tertiary alicyclic amines) is 2. The van der Waals surface area contributed by atoms with E-state index in [1.807, 2.05) is 58.7 Å². The first-order chi connectivity index (χ1) is 25.3. The molecule has 0 spiro atoms. The molecular formula is C41H55F2N5O6S. The molecule has 5 heterocycles. The van der Waals surface area contributed by atoms with E-state index < -0.39 is 27.3 Å². The van der Waals surface area contributed by atoms with Crippen LogP contribution >= 0.6 is 0 Å². The van der Waals surface area contributed by atoms with Gasteiger partial charge in [-0.1, -0.05) is 7.43 Å². The van der Waals surface area contributed by atoms with Crippen molar-refractivity contribution in [1.82, 2.24) is 24.1 Å². The van der Waals surface area contributed by atoms with Crippen LogP contribution in [0.5, 0.6) is 0 Å². The first-order valence-corrected chi connectivity index (χ1v) is 20.6. The third kappa shape index (κ3) is 8.07. The Morgan fingerprint density at radius 1 is 0.727 bits per heavy atom. The summed E-state index contributed by atoms with van der Waals surface area (Å²) >= 11 is 0. The average molecular weight is 784 g/mol. The number of aromatic amines is 2. The largest absolute Gasteiger partial charge is 0.444 e. The van der Waals surface area contributed by atoms with Gasteiger partial charge in [0.1, 0.15) is 22.8 Å². The monoisotopic (exact) mass is 783 g/mol. The van der Waals surface area contributed by atoms with Crippen molar-refractivity contribution in [2.45, 2.75) is 116 Å². The second-order valence-corrected chi connectivity index (χ2v) is 19.2. The number of hydrogen-bond acceptors (Lipinski definition) is 6. The second kappa shape index (κ2) is 14.7. The van der Waals surface area contributed by atoms with E-state index in [1.165, 1.54) is 40.4 Å². The third-order valence-corrected chi connectivity index (χ3v) is 12.5. The van der Waals surface area contributed by atoms with Crippen LogP contribution in [-0.4, -0.2) is 99.9 Å². The van der Waals surface area contributed by atoms with E-state index in [4.69, 9.17) is 9.47 Å². The van der Waals surface area contributed by atoms with Gasteiger partial charge in [0, 0.05) is 77.8 Å². The van der Waals surface area contributed by atoms with E-state index in [-0.39, 0.29) is 61.7 Å². The summed E-state index contributed by atoms with van der Waals surface area (Å²) in [7, 11) is -3.44. The van der Waals surface area contributed by atoms with E-state index >= 15 is 0 Å². The zero-order valence-corrected chi connectivity index (χ0v) is 32.8. The van der Waals surface area contributed by atoms with Gasteiger partial charge in [-0.3, -0.25) is 0 Å². The number of nitrogens with one attached hydrogen (secondary N) is 2. The molecule has 3 aliphatic heterocycles. The van der Waals surface area contributed by atoms with Gasteiger partial charge in [0.15, 0.2) is 0 Å². The summed E-state index contributed by atoms with van der Waals surface area (Å²) < 4.78 is 64.7. The highest BCUT2D eigenvalue weighted by molar-refractivity contribution is 7.88. The molecule has 2 aromatic carbocycles. The molecule has 4 aromatic rings. The van der Waals surface area contributed by atoms with Crippen molar-refractivity contribution >= 4 is 44.0 Å². The number of carbonyl (C=O) groups is 2. The second-order valence-electron chi connectivity index (χ2n) is 17.2. The summed E-state index contributed by atoms with van der Waals surface area (Å²) in [6, 6.07) is 8.94. The molecule has 1 aliphatic carbocycles. The number of amides is 2. The Hall–Kier alpha value is -4.17. The molecule has 0 radical (unpaired) electrons.